The van der Waals surface area contributed by atoms with Gasteiger partial charge in [0, 0.05) is 32.1 Å². The lowest BCUT2D eigenvalue weighted by atomic mass is 9.83. The molecule has 2 aliphatic rings. The molecule has 3 heterocycles. The Kier molecular flexibility index (Phi) is 5.58. The van der Waals surface area contributed by atoms with Crippen LogP contribution in [0.15, 0.2) is 22.7 Å². The molecule has 0 aliphatic carbocycles. The lowest BCUT2D eigenvalue weighted by molar-refractivity contribution is 0.0744. The third kappa shape index (κ3) is 4.29. The zero-order valence-electron chi connectivity index (χ0n) is 17.5. The van der Waals surface area contributed by atoms with Gasteiger partial charge in [-0.05, 0) is 56.7 Å². The maximum Gasteiger partial charge on any atom is 0.320 e. The lowest BCUT2D eigenvalue weighted by Gasteiger charge is -2.40. The first-order chi connectivity index (χ1) is 13.9. The van der Waals surface area contributed by atoms with Gasteiger partial charge >= 0.3 is 6.03 Å². The number of hydrogen-bond donors (Lipinski definition) is 1. The highest BCUT2D eigenvalue weighted by atomic mass is 16.5. The molecule has 1 aromatic heterocycles. The number of aliphatic hydroxyl groups is 1. The van der Waals surface area contributed by atoms with Gasteiger partial charge in [0.1, 0.15) is 0 Å². The molecule has 7 nitrogen and oxygen atoms in total. The molecular weight excluding hydrogens is 368 g/mol. The number of likely N-dealkylation sites (tertiary alicyclic amines) is 2. The van der Waals surface area contributed by atoms with Crippen LogP contribution in [0, 0.1) is 20.8 Å². The van der Waals surface area contributed by atoms with Gasteiger partial charge in [0.15, 0.2) is 5.82 Å². The van der Waals surface area contributed by atoms with Crippen LogP contribution in [0.25, 0.3) is 0 Å². The normalized spacial score (nSPS) is 23.4. The van der Waals surface area contributed by atoms with Crippen molar-refractivity contribution in [3.63, 3.8) is 0 Å². The summed E-state index contributed by atoms with van der Waals surface area (Å²) in [7, 11) is 0. The molecule has 2 aromatic rings. The summed E-state index contributed by atoms with van der Waals surface area (Å²) in [6.07, 6.45) is 1.88. The van der Waals surface area contributed by atoms with Crippen molar-refractivity contribution >= 4 is 6.03 Å². The van der Waals surface area contributed by atoms with Crippen LogP contribution < -0.4 is 0 Å². The van der Waals surface area contributed by atoms with Crippen LogP contribution in [-0.2, 0) is 0 Å². The fourth-order valence-corrected chi connectivity index (χ4v) is 4.43. The smallest absolute Gasteiger partial charge is 0.320 e. The van der Waals surface area contributed by atoms with Crippen LogP contribution in [0.2, 0.25) is 0 Å². The standard InChI is InChI=1S/C22H30N4O3/c1-14-4-5-17(10-15(14)2)18-11-19(21-23-16(3)24-29-21)13-26(12-18)22(28)25-8-6-20(27)7-9-25/h4-5,10,18-20,27H,6-9,11-13H2,1-3H3. The van der Waals surface area contributed by atoms with Crippen LogP contribution in [-0.4, -0.2) is 63.4 Å². The van der Waals surface area contributed by atoms with Crippen LogP contribution >= 0.6 is 0 Å². The average molecular weight is 399 g/mol. The van der Waals surface area contributed by atoms with Crippen molar-refractivity contribution in [2.24, 2.45) is 0 Å². The van der Waals surface area contributed by atoms with Gasteiger partial charge in [0.2, 0.25) is 5.89 Å². The second kappa shape index (κ2) is 8.14. The molecule has 1 aromatic carbocycles. The molecule has 0 radical (unpaired) electrons. The van der Waals surface area contributed by atoms with Gasteiger partial charge in [-0.25, -0.2) is 4.79 Å². The van der Waals surface area contributed by atoms with Gasteiger partial charge in [0.05, 0.1) is 12.0 Å². The van der Waals surface area contributed by atoms with Crippen molar-refractivity contribution in [1.82, 2.24) is 19.9 Å². The first-order valence-electron chi connectivity index (χ1n) is 10.5. The Morgan fingerprint density at radius 2 is 1.79 bits per heavy atom. The van der Waals surface area contributed by atoms with Gasteiger partial charge < -0.3 is 19.4 Å². The van der Waals surface area contributed by atoms with Gasteiger partial charge in [-0.3, -0.25) is 0 Å². The summed E-state index contributed by atoms with van der Waals surface area (Å²) in [5, 5.41) is 13.7. The molecular formula is C22H30N4O3. The van der Waals surface area contributed by atoms with E-state index in [1.807, 2.05) is 16.7 Å². The summed E-state index contributed by atoms with van der Waals surface area (Å²) in [6, 6.07) is 6.62. The van der Waals surface area contributed by atoms with Crippen molar-refractivity contribution in [3.05, 3.63) is 46.6 Å². The summed E-state index contributed by atoms with van der Waals surface area (Å²) in [5.74, 6) is 1.48. The first kappa shape index (κ1) is 19.9. The molecule has 0 bridgehead atoms. The molecule has 29 heavy (non-hydrogen) atoms. The van der Waals surface area contributed by atoms with E-state index in [1.165, 1.54) is 16.7 Å². The molecule has 0 spiro atoms. The molecule has 4 rings (SSSR count). The second-order valence-corrected chi connectivity index (χ2v) is 8.56. The predicted molar refractivity (Wildman–Crippen MR) is 109 cm³/mol. The molecule has 2 saturated heterocycles. The van der Waals surface area contributed by atoms with Gasteiger partial charge in [-0.1, -0.05) is 23.4 Å². The van der Waals surface area contributed by atoms with Gasteiger partial charge in [-0.2, -0.15) is 4.98 Å². The number of amides is 2. The Bertz CT molecular complexity index is 873. The number of piperidine rings is 2. The monoisotopic (exact) mass is 398 g/mol. The van der Waals surface area contributed by atoms with Crippen molar-refractivity contribution in [2.45, 2.75) is 58.0 Å². The van der Waals surface area contributed by atoms with E-state index in [0.29, 0.717) is 50.7 Å². The van der Waals surface area contributed by atoms with E-state index in [2.05, 4.69) is 42.2 Å². The summed E-state index contributed by atoms with van der Waals surface area (Å²) in [4.78, 5) is 21.5. The van der Waals surface area contributed by atoms with Crippen LogP contribution in [0.5, 0.6) is 0 Å². The molecule has 156 valence electrons. The number of hydrogen-bond acceptors (Lipinski definition) is 5. The maximum absolute atomic E-state index is 13.2. The van der Waals surface area contributed by atoms with E-state index in [9.17, 15) is 9.90 Å². The molecule has 2 amide bonds. The van der Waals surface area contributed by atoms with Crippen molar-refractivity contribution < 1.29 is 14.4 Å². The van der Waals surface area contributed by atoms with E-state index >= 15 is 0 Å². The summed E-state index contributed by atoms with van der Waals surface area (Å²) < 4.78 is 5.47. The Morgan fingerprint density at radius 3 is 2.45 bits per heavy atom. The molecule has 2 aliphatic heterocycles. The number of carbonyl (C=O) groups excluding carboxylic acids is 1. The number of carbonyl (C=O) groups is 1. The topological polar surface area (TPSA) is 82.7 Å². The van der Waals surface area contributed by atoms with Gasteiger partial charge in [-0.15, -0.1) is 0 Å². The fraction of sp³-hybridized carbons (Fsp3) is 0.591. The van der Waals surface area contributed by atoms with Crippen molar-refractivity contribution in [2.75, 3.05) is 26.2 Å². The van der Waals surface area contributed by atoms with E-state index in [0.717, 1.165) is 6.42 Å². The third-order valence-corrected chi connectivity index (χ3v) is 6.35. The minimum atomic E-state index is -0.294. The molecule has 2 fully saturated rings. The number of rotatable bonds is 2. The maximum atomic E-state index is 13.2. The van der Waals surface area contributed by atoms with E-state index in [-0.39, 0.29) is 24.0 Å². The highest BCUT2D eigenvalue weighted by molar-refractivity contribution is 5.75. The Labute approximate surface area is 171 Å². The Balaban J connectivity index is 1.58. The minimum Gasteiger partial charge on any atom is -0.393 e. The number of benzene rings is 1. The average Bonchev–Trinajstić information content (AvgIpc) is 3.16. The lowest BCUT2D eigenvalue weighted by Crippen LogP contribution is -2.51. The number of nitrogens with zero attached hydrogens (tertiary/aromatic N) is 4. The molecule has 2 unspecified atom stereocenters. The van der Waals surface area contributed by atoms with Crippen LogP contribution in [0.1, 0.15) is 59.5 Å². The quantitative estimate of drug-likeness (QED) is 0.840. The van der Waals surface area contributed by atoms with E-state index in [4.69, 9.17) is 4.52 Å². The largest absolute Gasteiger partial charge is 0.393 e. The van der Waals surface area contributed by atoms with Crippen LogP contribution in [0.4, 0.5) is 4.79 Å². The second-order valence-electron chi connectivity index (χ2n) is 8.56. The molecule has 7 heteroatoms. The highest BCUT2D eigenvalue weighted by Gasteiger charge is 2.36. The fourth-order valence-electron chi connectivity index (χ4n) is 4.43. The van der Waals surface area contributed by atoms with Gasteiger partial charge in [0.25, 0.3) is 0 Å². The number of aliphatic hydroxyl groups excluding tert-OH is 1. The summed E-state index contributed by atoms with van der Waals surface area (Å²) in [5.41, 5.74) is 3.79. The first-order valence-corrected chi connectivity index (χ1v) is 10.5. The predicted octanol–water partition coefficient (Wildman–Crippen LogP) is 3.14. The summed E-state index contributed by atoms with van der Waals surface area (Å²) in [6.45, 7) is 8.54. The summed E-state index contributed by atoms with van der Waals surface area (Å²) >= 11 is 0. The number of urea groups is 1. The highest BCUT2D eigenvalue weighted by Crippen LogP contribution is 2.36. The van der Waals surface area contributed by atoms with E-state index < -0.39 is 0 Å². The van der Waals surface area contributed by atoms with Crippen molar-refractivity contribution in [3.8, 4) is 0 Å². The molecule has 2 atom stereocenters. The molecule has 0 saturated carbocycles. The number of aromatic nitrogens is 2. The SMILES string of the molecule is Cc1noc(C2CC(c3ccc(C)c(C)c3)CN(C(=O)N3CCC(O)CC3)C2)n1. The molecule has 1 N–H and O–H groups in total. The third-order valence-electron chi connectivity index (χ3n) is 6.35. The van der Waals surface area contributed by atoms with Crippen LogP contribution in [0.3, 0.4) is 0 Å². The van der Waals surface area contributed by atoms with E-state index in [1.54, 1.807) is 0 Å². The number of aryl methyl sites for hydroxylation is 3. The zero-order valence-corrected chi connectivity index (χ0v) is 17.5. The minimum absolute atomic E-state index is 0.0240. The Hall–Kier alpha value is -2.41. The van der Waals surface area contributed by atoms with Crippen molar-refractivity contribution in [1.29, 1.82) is 0 Å². The Morgan fingerprint density at radius 1 is 1.07 bits per heavy atom. The zero-order chi connectivity index (χ0) is 20.5.